The number of piperidine rings is 1. The van der Waals surface area contributed by atoms with Gasteiger partial charge in [0.05, 0.1) is 0 Å². The summed E-state index contributed by atoms with van der Waals surface area (Å²) in [6.45, 7) is 6.60. The molecule has 5 N–H and O–H groups in total. The average molecular weight is 466 g/mol. The third-order valence-corrected chi connectivity index (χ3v) is 6.21. The number of rotatable bonds is 4. The van der Waals surface area contributed by atoms with Crippen LogP contribution in [0.1, 0.15) is 66.9 Å². The minimum absolute atomic E-state index is 0.0358. The van der Waals surface area contributed by atoms with Crippen molar-refractivity contribution >= 4 is 29.4 Å². The van der Waals surface area contributed by atoms with Crippen LogP contribution < -0.4 is 16.0 Å². The number of fused-ring (bicyclic) bond motifs is 1. The maximum atomic E-state index is 12.8. The average Bonchev–Trinajstić information content (AvgIpc) is 3.02. The van der Waals surface area contributed by atoms with E-state index in [1.165, 1.54) is 10.9 Å². The number of aliphatic hydroxyl groups is 1. The standard InChI is InChI=1S/C25H28N4O5/c1-25(2,3)15-5-7-16(8-6-15)27-24(34)26-13-14-4-9-17-18(12-14)23(33)29(22(17)32)19-10-11-20(30)28-21(19)31/h4-9,12,19,23,33H,10-11,13H2,1-3H3,(H2,26,27,34)(H,28,30,31)/p+1. The second-order valence-electron chi connectivity index (χ2n) is 9.71. The maximum absolute atomic E-state index is 12.8. The number of hydrogen-bond acceptors (Lipinski definition) is 5. The number of carbonyl (C=O) groups is 4. The van der Waals surface area contributed by atoms with E-state index in [1.54, 1.807) is 18.2 Å². The van der Waals surface area contributed by atoms with Gasteiger partial charge in [-0.3, -0.25) is 24.6 Å². The van der Waals surface area contributed by atoms with Gasteiger partial charge < -0.3 is 10.4 Å². The zero-order valence-electron chi connectivity index (χ0n) is 19.4. The van der Waals surface area contributed by atoms with Gasteiger partial charge in [0.15, 0.2) is 6.23 Å². The number of nitrogens with one attached hydrogen (secondary N) is 2. The Labute approximate surface area is 197 Å². The number of imide groups is 1. The van der Waals surface area contributed by atoms with Crippen LogP contribution in [0, 0.1) is 0 Å². The number of hydrogen-bond donors (Lipinski definition) is 4. The molecular weight excluding hydrogens is 436 g/mol. The van der Waals surface area contributed by atoms with Crippen LogP contribution in [0.25, 0.3) is 0 Å². The van der Waals surface area contributed by atoms with Gasteiger partial charge in [0.2, 0.25) is 11.8 Å². The number of primary amides is 1. The second kappa shape index (κ2) is 9.00. The summed E-state index contributed by atoms with van der Waals surface area (Å²) in [4.78, 5) is 50.0. The first-order valence-corrected chi connectivity index (χ1v) is 11.2. The number of benzene rings is 2. The van der Waals surface area contributed by atoms with Crippen LogP contribution in [0.4, 0.5) is 10.5 Å². The van der Waals surface area contributed by atoms with Gasteiger partial charge in [0.25, 0.3) is 5.91 Å². The molecule has 2 atom stereocenters. The van der Waals surface area contributed by atoms with Crippen molar-refractivity contribution in [3.05, 3.63) is 64.7 Å². The predicted octanol–water partition coefficient (Wildman–Crippen LogP) is 1.34. The van der Waals surface area contributed by atoms with Crippen molar-refractivity contribution in [1.82, 2.24) is 15.5 Å². The first-order chi connectivity index (χ1) is 16.0. The van der Waals surface area contributed by atoms with Gasteiger partial charge in [-0.05, 0) is 47.2 Å². The zero-order chi connectivity index (χ0) is 24.6. The molecule has 2 aromatic carbocycles. The number of quaternary nitrogens is 1. The van der Waals surface area contributed by atoms with Crippen LogP contribution in [0.5, 0.6) is 0 Å². The van der Waals surface area contributed by atoms with Crippen LogP contribution in [0.15, 0.2) is 42.5 Å². The van der Waals surface area contributed by atoms with Crippen molar-refractivity contribution in [3.8, 4) is 0 Å². The molecule has 1 saturated heterocycles. The van der Waals surface area contributed by atoms with Crippen molar-refractivity contribution in [3.63, 3.8) is 0 Å². The molecule has 0 saturated carbocycles. The summed E-state index contributed by atoms with van der Waals surface area (Å²) in [6, 6.07) is 11.6. The lowest BCUT2D eigenvalue weighted by Gasteiger charge is -2.31. The predicted molar refractivity (Wildman–Crippen MR) is 123 cm³/mol. The number of carbonyl (C=O) groups excluding carboxylic acids is 4. The second-order valence-corrected chi connectivity index (χ2v) is 9.71. The highest BCUT2D eigenvalue weighted by molar-refractivity contribution is 6.05. The van der Waals surface area contributed by atoms with E-state index in [0.29, 0.717) is 16.7 Å². The Bertz CT molecular complexity index is 1150. The summed E-state index contributed by atoms with van der Waals surface area (Å²) in [6.07, 6.45) is -1.03. The maximum Gasteiger partial charge on any atom is 0.418 e. The fourth-order valence-corrected chi connectivity index (χ4v) is 4.26. The van der Waals surface area contributed by atoms with Gasteiger partial charge in [-0.1, -0.05) is 39.0 Å². The molecule has 0 spiro atoms. The molecule has 5 amide bonds. The Hall–Kier alpha value is -3.56. The number of nitrogens with two attached hydrogens (primary N) is 1. The first kappa shape index (κ1) is 23.6. The monoisotopic (exact) mass is 465 g/mol. The Balaban J connectivity index is 1.39. The molecule has 2 aromatic rings. The number of urea groups is 1. The third kappa shape index (κ3) is 4.71. The first-order valence-electron chi connectivity index (χ1n) is 11.2. The number of aliphatic hydroxyl groups excluding tert-OH is 1. The van der Waals surface area contributed by atoms with Crippen molar-refractivity contribution in [2.75, 3.05) is 0 Å². The van der Waals surface area contributed by atoms with Crippen molar-refractivity contribution in [1.29, 1.82) is 0 Å². The molecule has 4 rings (SSSR count). The summed E-state index contributed by atoms with van der Waals surface area (Å²) >= 11 is 0. The van der Waals surface area contributed by atoms with E-state index in [2.05, 4.69) is 31.4 Å². The van der Waals surface area contributed by atoms with Gasteiger partial charge in [-0.15, -0.1) is 0 Å². The molecule has 34 heavy (non-hydrogen) atoms. The highest BCUT2D eigenvalue weighted by Gasteiger charge is 2.44. The van der Waals surface area contributed by atoms with Gasteiger partial charge in [0, 0.05) is 24.1 Å². The third-order valence-electron chi connectivity index (χ3n) is 6.21. The van der Waals surface area contributed by atoms with Gasteiger partial charge in [-0.2, -0.15) is 0 Å². The zero-order valence-corrected chi connectivity index (χ0v) is 19.4. The lowest BCUT2D eigenvalue weighted by atomic mass is 9.87. The molecular formula is C25H29N4O5+. The molecule has 2 heterocycles. The molecule has 2 aliphatic heterocycles. The lowest BCUT2D eigenvalue weighted by molar-refractivity contribution is -0.465. The molecule has 1 fully saturated rings. The fourth-order valence-electron chi connectivity index (χ4n) is 4.26. The SMILES string of the molecule is CC(C)(C)c1ccc([NH2+]C(=O)NCc2ccc3c(c2)C(O)N(C2CCC(=O)NC2=O)C3=O)cc1. The van der Waals surface area contributed by atoms with E-state index in [-0.39, 0.29) is 36.7 Å². The Morgan fingerprint density at radius 2 is 1.85 bits per heavy atom. The molecule has 2 aliphatic rings. The Kier molecular flexibility index (Phi) is 6.24. The van der Waals surface area contributed by atoms with Crippen LogP contribution in [0.3, 0.4) is 0 Å². The molecule has 178 valence electrons. The summed E-state index contributed by atoms with van der Waals surface area (Å²) in [7, 11) is 0. The largest absolute Gasteiger partial charge is 0.418 e. The molecule has 0 aromatic heterocycles. The number of amides is 5. The van der Waals surface area contributed by atoms with E-state index in [9.17, 15) is 24.3 Å². The van der Waals surface area contributed by atoms with Crippen molar-refractivity contribution < 1.29 is 29.6 Å². The van der Waals surface area contributed by atoms with Crippen LogP contribution in [-0.2, 0) is 21.5 Å². The van der Waals surface area contributed by atoms with Crippen LogP contribution in [0.2, 0.25) is 0 Å². The van der Waals surface area contributed by atoms with Crippen molar-refractivity contribution in [2.45, 2.75) is 57.8 Å². The molecule has 0 radical (unpaired) electrons. The van der Waals surface area contributed by atoms with E-state index >= 15 is 0 Å². The van der Waals surface area contributed by atoms with E-state index < -0.39 is 24.1 Å². The normalized spacial score (nSPS) is 20.2. The summed E-state index contributed by atoms with van der Waals surface area (Å²) in [5, 5.41) is 17.3. The quantitative estimate of drug-likeness (QED) is 0.400. The molecule has 0 aliphatic carbocycles. The summed E-state index contributed by atoms with van der Waals surface area (Å²) < 4.78 is 0. The summed E-state index contributed by atoms with van der Waals surface area (Å²) in [5.74, 6) is -1.44. The minimum Gasteiger partial charge on any atom is -0.369 e. The van der Waals surface area contributed by atoms with E-state index in [4.69, 9.17) is 0 Å². The highest BCUT2D eigenvalue weighted by atomic mass is 16.3. The van der Waals surface area contributed by atoms with Crippen LogP contribution >= 0.6 is 0 Å². The topological polar surface area (TPSA) is 132 Å². The van der Waals surface area contributed by atoms with Gasteiger partial charge in [-0.25, -0.2) is 10.1 Å². The molecule has 2 unspecified atom stereocenters. The van der Waals surface area contributed by atoms with Crippen LogP contribution in [-0.4, -0.2) is 39.8 Å². The lowest BCUT2D eigenvalue weighted by Crippen LogP contribution is -2.85. The van der Waals surface area contributed by atoms with Gasteiger partial charge in [0.1, 0.15) is 11.7 Å². The van der Waals surface area contributed by atoms with E-state index in [0.717, 1.165) is 10.6 Å². The molecule has 0 bridgehead atoms. The molecule has 9 nitrogen and oxygen atoms in total. The molecule has 9 heteroatoms. The number of nitrogens with zero attached hydrogens (tertiary/aromatic N) is 1. The van der Waals surface area contributed by atoms with E-state index in [1.807, 2.05) is 24.3 Å². The minimum atomic E-state index is -1.30. The fraction of sp³-hybridized carbons (Fsp3) is 0.360. The van der Waals surface area contributed by atoms with Crippen molar-refractivity contribution in [2.24, 2.45) is 0 Å². The Morgan fingerprint density at radius 3 is 2.50 bits per heavy atom. The van der Waals surface area contributed by atoms with Gasteiger partial charge >= 0.3 is 6.03 Å². The summed E-state index contributed by atoms with van der Waals surface area (Å²) in [5.41, 5.74) is 3.40. The highest BCUT2D eigenvalue weighted by Crippen LogP contribution is 2.35. The smallest absolute Gasteiger partial charge is 0.369 e. The Morgan fingerprint density at radius 1 is 1.15 bits per heavy atom.